The van der Waals surface area contributed by atoms with Gasteiger partial charge >= 0.3 is 0 Å². The molecule has 0 radical (unpaired) electrons. The molecule has 1 fully saturated rings. The van der Waals surface area contributed by atoms with E-state index in [1.54, 1.807) is 12.1 Å². The topological polar surface area (TPSA) is 58.2 Å². The number of nitrogens with one attached hydrogen (secondary N) is 2. The fourth-order valence-electron chi connectivity index (χ4n) is 2.03. The SMILES string of the molecule is CC(=O)NC1(NC(=O)c2ccccc2)CCC1. The molecule has 0 heterocycles. The third-order valence-electron chi connectivity index (χ3n) is 3.01. The van der Waals surface area contributed by atoms with Crippen LogP contribution in [0.1, 0.15) is 36.5 Å². The van der Waals surface area contributed by atoms with Crippen LogP contribution in [-0.4, -0.2) is 17.5 Å². The molecule has 0 aromatic heterocycles. The molecule has 4 nitrogen and oxygen atoms in total. The van der Waals surface area contributed by atoms with Crippen LogP contribution in [0.4, 0.5) is 0 Å². The quantitative estimate of drug-likeness (QED) is 0.775. The number of hydrogen-bond acceptors (Lipinski definition) is 2. The molecule has 2 N–H and O–H groups in total. The van der Waals surface area contributed by atoms with E-state index in [0.717, 1.165) is 19.3 Å². The Balaban J connectivity index is 2.05. The predicted octanol–water partition coefficient (Wildman–Crippen LogP) is 1.43. The van der Waals surface area contributed by atoms with Gasteiger partial charge in [-0.3, -0.25) is 9.59 Å². The molecule has 0 atom stereocenters. The van der Waals surface area contributed by atoms with E-state index in [1.807, 2.05) is 18.2 Å². The van der Waals surface area contributed by atoms with Crippen LogP contribution in [0, 0.1) is 0 Å². The highest BCUT2D eigenvalue weighted by Gasteiger charge is 2.39. The average molecular weight is 232 g/mol. The zero-order chi connectivity index (χ0) is 12.3. The summed E-state index contributed by atoms with van der Waals surface area (Å²) in [6, 6.07) is 9.02. The lowest BCUT2D eigenvalue weighted by Gasteiger charge is -2.42. The Morgan fingerprint density at radius 2 is 1.76 bits per heavy atom. The Hall–Kier alpha value is -1.84. The Morgan fingerprint density at radius 3 is 2.24 bits per heavy atom. The first-order valence-corrected chi connectivity index (χ1v) is 5.78. The summed E-state index contributed by atoms with van der Waals surface area (Å²) in [5.41, 5.74) is 0.0859. The number of hydrogen-bond donors (Lipinski definition) is 2. The first-order chi connectivity index (χ1) is 8.11. The number of rotatable bonds is 3. The Labute approximate surface area is 100 Å². The molecule has 0 aliphatic heterocycles. The van der Waals surface area contributed by atoms with Crippen LogP contribution >= 0.6 is 0 Å². The predicted molar refractivity (Wildman–Crippen MR) is 64.3 cm³/mol. The van der Waals surface area contributed by atoms with E-state index in [4.69, 9.17) is 0 Å². The van der Waals surface area contributed by atoms with E-state index in [1.165, 1.54) is 6.92 Å². The van der Waals surface area contributed by atoms with Gasteiger partial charge in [-0.2, -0.15) is 0 Å². The normalized spacial score (nSPS) is 16.8. The van der Waals surface area contributed by atoms with Gasteiger partial charge in [0.15, 0.2) is 0 Å². The van der Waals surface area contributed by atoms with E-state index in [0.29, 0.717) is 5.56 Å². The second-order valence-electron chi connectivity index (χ2n) is 4.44. The first-order valence-electron chi connectivity index (χ1n) is 5.78. The molecular weight excluding hydrogens is 216 g/mol. The highest BCUT2D eigenvalue weighted by Crippen LogP contribution is 2.29. The molecule has 17 heavy (non-hydrogen) atoms. The number of carbonyl (C=O) groups excluding carboxylic acids is 2. The molecule has 1 aromatic rings. The Bertz CT molecular complexity index is 424. The maximum absolute atomic E-state index is 12.0. The van der Waals surface area contributed by atoms with Crippen LogP contribution in [0.2, 0.25) is 0 Å². The van der Waals surface area contributed by atoms with Gasteiger partial charge in [-0.15, -0.1) is 0 Å². The molecular formula is C13H16N2O2. The Kier molecular flexibility index (Phi) is 3.13. The minimum absolute atomic E-state index is 0.113. The van der Waals surface area contributed by atoms with E-state index in [2.05, 4.69) is 10.6 Å². The van der Waals surface area contributed by atoms with Gasteiger partial charge in [-0.25, -0.2) is 0 Å². The average Bonchev–Trinajstić information content (AvgIpc) is 2.26. The van der Waals surface area contributed by atoms with Crippen LogP contribution in [0.15, 0.2) is 30.3 Å². The molecule has 0 bridgehead atoms. The van der Waals surface area contributed by atoms with Crippen molar-refractivity contribution in [3.8, 4) is 0 Å². The lowest BCUT2D eigenvalue weighted by Crippen LogP contribution is -2.64. The van der Waals surface area contributed by atoms with Crippen LogP contribution in [0.5, 0.6) is 0 Å². The van der Waals surface area contributed by atoms with E-state index in [-0.39, 0.29) is 11.8 Å². The maximum atomic E-state index is 12.0. The van der Waals surface area contributed by atoms with Gasteiger partial charge in [0.25, 0.3) is 5.91 Å². The molecule has 0 saturated heterocycles. The van der Waals surface area contributed by atoms with Gasteiger partial charge in [0, 0.05) is 12.5 Å². The fraction of sp³-hybridized carbons (Fsp3) is 0.385. The Morgan fingerprint density at radius 1 is 1.12 bits per heavy atom. The van der Waals surface area contributed by atoms with Crippen molar-refractivity contribution < 1.29 is 9.59 Å². The number of benzene rings is 1. The van der Waals surface area contributed by atoms with Crippen molar-refractivity contribution >= 4 is 11.8 Å². The monoisotopic (exact) mass is 232 g/mol. The molecule has 2 amide bonds. The first kappa shape index (κ1) is 11.6. The van der Waals surface area contributed by atoms with Crippen molar-refractivity contribution in [1.82, 2.24) is 10.6 Å². The highest BCUT2D eigenvalue weighted by molar-refractivity contribution is 5.95. The fourth-order valence-corrected chi connectivity index (χ4v) is 2.03. The third kappa shape index (κ3) is 2.64. The van der Waals surface area contributed by atoms with Crippen molar-refractivity contribution in [3.05, 3.63) is 35.9 Å². The van der Waals surface area contributed by atoms with Crippen LogP contribution in [-0.2, 0) is 4.79 Å². The van der Waals surface area contributed by atoms with Crippen molar-refractivity contribution in [3.63, 3.8) is 0 Å². The van der Waals surface area contributed by atoms with Gasteiger partial charge in [0.05, 0.1) is 0 Å². The zero-order valence-electron chi connectivity index (χ0n) is 9.82. The van der Waals surface area contributed by atoms with Crippen molar-refractivity contribution in [2.75, 3.05) is 0 Å². The van der Waals surface area contributed by atoms with Crippen molar-refractivity contribution in [2.24, 2.45) is 0 Å². The van der Waals surface area contributed by atoms with Gasteiger partial charge in [0.2, 0.25) is 5.91 Å². The molecule has 1 saturated carbocycles. The standard InChI is InChI=1S/C13H16N2O2/c1-10(16)14-13(8-5-9-13)15-12(17)11-6-3-2-4-7-11/h2-4,6-7H,5,8-9H2,1H3,(H,14,16)(H,15,17). The summed E-state index contributed by atoms with van der Waals surface area (Å²) in [5.74, 6) is -0.253. The summed E-state index contributed by atoms with van der Waals surface area (Å²) < 4.78 is 0. The summed E-state index contributed by atoms with van der Waals surface area (Å²) in [6.45, 7) is 1.47. The molecule has 1 aromatic carbocycles. The minimum Gasteiger partial charge on any atom is -0.334 e. The van der Waals surface area contributed by atoms with Crippen molar-refractivity contribution in [2.45, 2.75) is 31.8 Å². The lowest BCUT2D eigenvalue weighted by molar-refractivity contribution is -0.122. The molecule has 1 aliphatic rings. The number of amides is 2. The van der Waals surface area contributed by atoms with Crippen LogP contribution in [0.25, 0.3) is 0 Å². The van der Waals surface area contributed by atoms with E-state index >= 15 is 0 Å². The minimum atomic E-state index is -0.529. The van der Waals surface area contributed by atoms with Gasteiger partial charge in [-0.05, 0) is 31.4 Å². The molecule has 0 unspecified atom stereocenters. The van der Waals surface area contributed by atoms with Gasteiger partial charge in [-0.1, -0.05) is 18.2 Å². The zero-order valence-corrected chi connectivity index (χ0v) is 9.82. The van der Waals surface area contributed by atoms with Gasteiger partial charge < -0.3 is 10.6 Å². The van der Waals surface area contributed by atoms with Crippen molar-refractivity contribution in [1.29, 1.82) is 0 Å². The summed E-state index contributed by atoms with van der Waals surface area (Å²) >= 11 is 0. The molecule has 0 spiro atoms. The second kappa shape index (κ2) is 4.57. The molecule has 1 aliphatic carbocycles. The largest absolute Gasteiger partial charge is 0.334 e. The smallest absolute Gasteiger partial charge is 0.253 e. The van der Waals surface area contributed by atoms with E-state index in [9.17, 15) is 9.59 Å². The lowest BCUT2D eigenvalue weighted by atomic mass is 9.84. The second-order valence-corrected chi connectivity index (χ2v) is 4.44. The molecule has 4 heteroatoms. The summed E-state index contributed by atoms with van der Waals surface area (Å²) in [7, 11) is 0. The van der Waals surface area contributed by atoms with Crippen LogP contribution < -0.4 is 10.6 Å². The third-order valence-corrected chi connectivity index (χ3v) is 3.01. The molecule has 90 valence electrons. The highest BCUT2D eigenvalue weighted by atomic mass is 16.2. The van der Waals surface area contributed by atoms with E-state index < -0.39 is 5.66 Å². The summed E-state index contributed by atoms with van der Waals surface area (Å²) in [6.07, 6.45) is 2.62. The van der Waals surface area contributed by atoms with Crippen LogP contribution in [0.3, 0.4) is 0 Å². The molecule has 2 rings (SSSR count). The summed E-state index contributed by atoms with van der Waals surface area (Å²) in [5, 5.41) is 5.73. The summed E-state index contributed by atoms with van der Waals surface area (Å²) in [4.78, 5) is 23.1. The number of carbonyl (C=O) groups is 2. The maximum Gasteiger partial charge on any atom is 0.253 e. The van der Waals surface area contributed by atoms with Gasteiger partial charge in [0.1, 0.15) is 5.66 Å².